The molecule has 0 amide bonds. The van der Waals surface area contributed by atoms with E-state index in [-0.39, 0.29) is 0 Å². The molecule has 0 radical (unpaired) electrons. The third-order valence-electron chi connectivity index (χ3n) is 8.13. The Kier molecular flexibility index (Phi) is 21.3. The largest absolute Gasteiger partial charge is 0.494 e. The summed E-state index contributed by atoms with van der Waals surface area (Å²) >= 11 is 0. The molecule has 0 atom stereocenters. The molecule has 2 rings (SSSR count). The van der Waals surface area contributed by atoms with Gasteiger partial charge in [0.25, 0.3) is 0 Å². The van der Waals surface area contributed by atoms with Crippen molar-refractivity contribution in [3.8, 4) is 11.5 Å². The average Bonchev–Trinajstić information content (AvgIpc) is 3.02. The molecule has 42 heavy (non-hydrogen) atoms. The summed E-state index contributed by atoms with van der Waals surface area (Å²) in [4.78, 5) is 0. The van der Waals surface area contributed by atoms with Crippen molar-refractivity contribution < 1.29 is 9.47 Å². The van der Waals surface area contributed by atoms with Gasteiger partial charge in [0.1, 0.15) is 11.5 Å². The van der Waals surface area contributed by atoms with Crippen molar-refractivity contribution >= 4 is 18.2 Å². The van der Waals surface area contributed by atoms with Crippen LogP contribution in [0.2, 0.25) is 0 Å². The van der Waals surface area contributed by atoms with E-state index < -0.39 is 0 Å². The quantitative estimate of drug-likeness (QED) is 0.0780. The minimum Gasteiger partial charge on any atom is -0.494 e. The van der Waals surface area contributed by atoms with Crippen LogP contribution in [0.1, 0.15) is 159 Å². The predicted molar refractivity (Wildman–Crippen MR) is 187 cm³/mol. The molecule has 0 unspecified atom stereocenters. The summed E-state index contributed by atoms with van der Waals surface area (Å²) in [6.07, 6.45) is 32.9. The standard InChI is InChI=1S/C40H62O2/c1-4-7-9-11-13-15-17-19-21-23-33-41-39-31-32-40(42-34-24-22-20-18-16-14-12-10-8-5-2)38(35-39)30-29-37-27-25-36(6-3)26-28-37/h6,25-32,35H,3-5,7-24,33-34H2,1-2H3/b30-29+. The van der Waals surface area contributed by atoms with Crippen molar-refractivity contribution in [2.24, 2.45) is 0 Å². The molecule has 0 aliphatic heterocycles. The van der Waals surface area contributed by atoms with Gasteiger partial charge in [-0.1, -0.05) is 178 Å². The van der Waals surface area contributed by atoms with E-state index in [0.717, 1.165) is 54.2 Å². The molecule has 2 heteroatoms. The first-order valence-corrected chi connectivity index (χ1v) is 17.6. The lowest BCUT2D eigenvalue weighted by molar-refractivity contribution is 0.295. The highest BCUT2D eigenvalue weighted by atomic mass is 16.5. The molecule has 2 nitrogen and oxygen atoms in total. The second-order valence-corrected chi connectivity index (χ2v) is 12.0. The molecule has 0 spiro atoms. The number of benzene rings is 2. The number of unbranched alkanes of at least 4 members (excludes halogenated alkanes) is 18. The minimum absolute atomic E-state index is 0.768. The van der Waals surface area contributed by atoms with Crippen LogP contribution in [0.25, 0.3) is 18.2 Å². The molecule has 0 saturated heterocycles. The van der Waals surface area contributed by atoms with Gasteiger partial charge in [-0.25, -0.2) is 0 Å². The van der Waals surface area contributed by atoms with E-state index in [1.54, 1.807) is 0 Å². The molecule has 0 fully saturated rings. The topological polar surface area (TPSA) is 18.5 Å². The first-order valence-electron chi connectivity index (χ1n) is 17.6. The lowest BCUT2D eigenvalue weighted by Gasteiger charge is -2.12. The van der Waals surface area contributed by atoms with Crippen molar-refractivity contribution in [2.75, 3.05) is 13.2 Å². The lowest BCUT2D eigenvalue weighted by Crippen LogP contribution is -2.01. The number of hydrogen-bond donors (Lipinski definition) is 0. The van der Waals surface area contributed by atoms with Gasteiger partial charge in [0.05, 0.1) is 13.2 Å². The molecule has 0 aliphatic rings. The maximum atomic E-state index is 6.28. The van der Waals surface area contributed by atoms with Gasteiger partial charge in [-0.15, -0.1) is 0 Å². The molecular weight excluding hydrogens is 512 g/mol. The van der Waals surface area contributed by atoms with E-state index in [2.05, 4.69) is 75.0 Å². The van der Waals surface area contributed by atoms with E-state index in [1.807, 2.05) is 6.08 Å². The third kappa shape index (κ3) is 17.5. The second-order valence-electron chi connectivity index (χ2n) is 12.0. The summed E-state index contributed by atoms with van der Waals surface area (Å²) in [5.74, 6) is 1.87. The molecule has 0 bridgehead atoms. The molecule has 2 aromatic rings. The van der Waals surface area contributed by atoms with Crippen LogP contribution in [0, 0.1) is 0 Å². The highest BCUT2D eigenvalue weighted by Gasteiger charge is 2.05. The first kappa shape index (κ1) is 35.7. The summed E-state index contributed by atoms with van der Waals surface area (Å²) in [7, 11) is 0. The van der Waals surface area contributed by atoms with Crippen LogP contribution in [0.4, 0.5) is 0 Å². The SMILES string of the molecule is C=Cc1ccc(/C=C/c2cc(OCCCCCCCCCCCC)ccc2OCCCCCCCCCCCC)cc1. The summed E-state index contributed by atoms with van der Waals surface area (Å²) < 4.78 is 12.4. The van der Waals surface area contributed by atoms with Gasteiger partial charge in [-0.2, -0.15) is 0 Å². The highest BCUT2D eigenvalue weighted by Crippen LogP contribution is 2.27. The monoisotopic (exact) mass is 574 g/mol. The van der Waals surface area contributed by atoms with E-state index in [1.165, 1.54) is 116 Å². The van der Waals surface area contributed by atoms with Crippen LogP contribution in [-0.4, -0.2) is 13.2 Å². The zero-order valence-electron chi connectivity index (χ0n) is 27.4. The van der Waals surface area contributed by atoms with Gasteiger partial charge in [0.2, 0.25) is 0 Å². The summed E-state index contributed by atoms with van der Waals surface area (Å²) in [5.41, 5.74) is 3.38. The summed E-state index contributed by atoms with van der Waals surface area (Å²) in [5, 5.41) is 0. The van der Waals surface area contributed by atoms with Crippen LogP contribution in [0.3, 0.4) is 0 Å². The second kappa shape index (κ2) is 25.1. The van der Waals surface area contributed by atoms with Crippen molar-refractivity contribution in [2.45, 2.75) is 142 Å². The fraction of sp³-hybridized carbons (Fsp3) is 0.600. The van der Waals surface area contributed by atoms with Gasteiger partial charge in [0.15, 0.2) is 0 Å². The molecule has 234 valence electrons. The molecular formula is C40H62O2. The lowest BCUT2D eigenvalue weighted by atomic mass is 10.1. The van der Waals surface area contributed by atoms with Crippen molar-refractivity contribution in [3.63, 3.8) is 0 Å². The van der Waals surface area contributed by atoms with E-state index in [9.17, 15) is 0 Å². The van der Waals surface area contributed by atoms with E-state index in [0.29, 0.717) is 0 Å². The van der Waals surface area contributed by atoms with Gasteiger partial charge in [-0.3, -0.25) is 0 Å². The van der Waals surface area contributed by atoms with Gasteiger partial charge in [-0.05, 0) is 42.2 Å². The zero-order chi connectivity index (χ0) is 29.9. The van der Waals surface area contributed by atoms with Crippen LogP contribution < -0.4 is 9.47 Å². The Morgan fingerprint density at radius 3 is 1.45 bits per heavy atom. The van der Waals surface area contributed by atoms with Crippen molar-refractivity contribution in [3.05, 3.63) is 65.7 Å². The zero-order valence-corrected chi connectivity index (χ0v) is 27.4. The van der Waals surface area contributed by atoms with E-state index in [4.69, 9.17) is 9.47 Å². The van der Waals surface area contributed by atoms with Crippen molar-refractivity contribution in [1.29, 1.82) is 0 Å². The Bertz CT molecular complexity index is 943. The fourth-order valence-electron chi connectivity index (χ4n) is 5.36. The molecule has 0 heterocycles. The normalized spacial score (nSPS) is 11.3. The minimum atomic E-state index is 0.768. The number of hydrogen-bond acceptors (Lipinski definition) is 2. The van der Waals surface area contributed by atoms with Gasteiger partial charge >= 0.3 is 0 Å². The van der Waals surface area contributed by atoms with Crippen LogP contribution in [-0.2, 0) is 0 Å². The van der Waals surface area contributed by atoms with Crippen molar-refractivity contribution in [1.82, 2.24) is 0 Å². The fourth-order valence-corrected chi connectivity index (χ4v) is 5.36. The molecule has 2 aromatic carbocycles. The van der Waals surface area contributed by atoms with Crippen LogP contribution in [0.5, 0.6) is 11.5 Å². The Morgan fingerprint density at radius 2 is 0.952 bits per heavy atom. The molecule has 0 aliphatic carbocycles. The van der Waals surface area contributed by atoms with Gasteiger partial charge in [0, 0.05) is 5.56 Å². The van der Waals surface area contributed by atoms with Crippen LogP contribution >= 0.6 is 0 Å². The van der Waals surface area contributed by atoms with E-state index >= 15 is 0 Å². The van der Waals surface area contributed by atoms with Crippen LogP contribution in [0.15, 0.2) is 49.0 Å². The molecule has 0 N–H and O–H groups in total. The average molecular weight is 575 g/mol. The number of rotatable bonds is 27. The molecule has 0 aromatic heterocycles. The Labute approximate surface area is 260 Å². The summed E-state index contributed by atoms with van der Waals surface area (Å²) in [6, 6.07) is 14.7. The number of ether oxygens (including phenoxy) is 2. The highest BCUT2D eigenvalue weighted by molar-refractivity contribution is 5.73. The first-order chi connectivity index (χ1) is 20.8. The van der Waals surface area contributed by atoms with Gasteiger partial charge < -0.3 is 9.47 Å². The maximum Gasteiger partial charge on any atom is 0.126 e. The molecule has 0 saturated carbocycles. The maximum absolute atomic E-state index is 6.28. The Hall–Kier alpha value is -2.48. The Morgan fingerprint density at radius 1 is 0.500 bits per heavy atom. The smallest absolute Gasteiger partial charge is 0.126 e. The predicted octanol–water partition coefficient (Wildman–Crippen LogP) is 13.1. The summed E-state index contributed by atoms with van der Waals surface area (Å²) in [6.45, 7) is 9.97. The Balaban J connectivity index is 1.78. The third-order valence-corrected chi connectivity index (χ3v) is 8.13.